The number of benzene rings is 1. The van der Waals surface area contributed by atoms with E-state index in [1.54, 1.807) is 6.07 Å². The van der Waals surface area contributed by atoms with Crippen LogP contribution in [0.2, 0.25) is 0 Å². The summed E-state index contributed by atoms with van der Waals surface area (Å²) in [6.07, 6.45) is 0. The fourth-order valence-electron chi connectivity index (χ4n) is 1.40. The molecule has 0 atom stereocenters. The first-order valence-electron chi connectivity index (χ1n) is 4.17. The Morgan fingerprint density at radius 3 is 2.50 bits per heavy atom. The summed E-state index contributed by atoms with van der Waals surface area (Å²) in [5.74, 6) is 0. The Morgan fingerprint density at radius 1 is 1.14 bits per heavy atom. The Bertz CT molecular complexity index is 472. The zero-order valence-corrected chi connectivity index (χ0v) is 8.25. The molecular weight excluding hydrogens is 208 g/mol. The second-order valence-electron chi connectivity index (χ2n) is 3.23. The molecule has 0 N–H and O–H groups in total. The molecule has 0 unspecified atom stereocenters. The zero-order valence-electron chi connectivity index (χ0n) is 7.43. The van der Waals surface area contributed by atoms with Crippen molar-refractivity contribution in [1.82, 2.24) is 0 Å². The molecule has 5 heteroatoms. The molecule has 2 aromatic rings. The van der Waals surface area contributed by atoms with Crippen LogP contribution < -0.4 is 5.46 Å². The number of fused-ring (bicyclic) bond motifs is 1. The summed E-state index contributed by atoms with van der Waals surface area (Å²) in [6.45, 7) is -2.98. The first kappa shape index (κ1) is 9.58. The molecule has 0 nitrogen and oxygen atoms in total. The van der Waals surface area contributed by atoms with Gasteiger partial charge >= 0.3 is 6.98 Å². The van der Waals surface area contributed by atoms with E-state index in [1.165, 1.54) is 23.5 Å². The van der Waals surface area contributed by atoms with Crippen LogP contribution in [0.1, 0.15) is 4.88 Å². The van der Waals surface area contributed by atoms with Gasteiger partial charge in [0.2, 0.25) is 0 Å². The first-order chi connectivity index (χ1) is 6.47. The third-order valence-electron chi connectivity index (χ3n) is 2.04. The molecular formula is C9H7BF3S-. The van der Waals surface area contributed by atoms with Crippen LogP contribution in [-0.2, 0) is 0 Å². The molecule has 0 aliphatic heterocycles. The number of hydrogen-bond acceptors (Lipinski definition) is 1. The van der Waals surface area contributed by atoms with Crippen molar-refractivity contribution in [3.05, 3.63) is 29.1 Å². The number of rotatable bonds is 1. The Hall–Kier alpha value is -0.965. The lowest BCUT2D eigenvalue weighted by atomic mass is 9.80. The summed E-state index contributed by atoms with van der Waals surface area (Å²) in [6, 6.07) is 5.69. The predicted octanol–water partition coefficient (Wildman–Crippen LogP) is 3.26. The van der Waals surface area contributed by atoms with E-state index in [9.17, 15) is 12.9 Å². The van der Waals surface area contributed by atoms with E-state index in [0.717, 1.165) is 15.6 Å². The molecule has 0 radical (unpaired) electrons. The van der Waals surface area contributed by atoms with E-state index < -0.39 is 12.4 Å². The van der Waals surface area contributed by atoms with Gasteiger partial charge < -0.3 is 12.9 Å². The smallest absolute Gasteiger partial charge is 0.445 e. The summed E-state index contributed by atoms with van der Waals surface area (Å²) < 4.78 is 38.1. The first-order valence-corrected chi connectivity index (χ1v) is 4.98. The predicted molar refractivity (Wildman–Crippen MR) is 55.3 cm³/mol. The van der Waals surface area contributed by atoms with Crippen molar-refractivity contribution in [3.8, 4) is 0 Å². The van der Waals surface area contributed by atoms with Crippen molar-refractivity contribution in [1.29, 1.82) is 0 Å². The highest BCUT2D eigenvalue weighted by atomic mass is 32.1. The van der Waals surface area contributed by atoms with Gasteiger partial charge in [0, 0.05) is 9.58 Å². The summed E-state index contributed by atoms with van der Waals surface area (Å²) in [5, 5.41) is 0.684. The monoisotopic (exact) mass is 215 g/mol. The fraction of sp³-hybridized carbons (Fsp3) is 0.111. The van der Waals surface area contributed by atoms with Gasteiger partial charge in [0.15, 0.2) is 0 Å². The molecule has 1 aromatic carbocycles. The molecule has 14 heavy (non-hydrogen) atoms. The van der Waals surface area contributed by atoms with E-state index in [4.69, 9.17) is 0 Å². The summed E-state index contributed by atoms with van der Waals surface area (Å²) in [5.41, 5.74) is -0.518. The van der Waals surface area contributed by atoms with Crippen LogP contribution in [0.25, 0.3) is 10.1 Å². The highest BCUT2D eigenvalue weighted by Gasteiger charge is 2.25. The Morgan fingerprint density at radius 2 is 1.86 bits per heavy atom. The average molecular weight is 215 g/mol. The van der Waals surface area contributed by atoms with Gasteiger partial charge in [0.1, 0.15) is 0 Å². The van der Waals surface area contributed by atoms with Crippen molar-refractivity contribution >= 4 is 33.9 Å². The van der Waals surface area contributed by atoms with Gasteiger partial charge in [-0.1, -0.05) is 12.1 Å². The van der Waals surface area contributed by atoms with Gasteiger partial charge in [-0.15, -0.1) is 16.8 Å². The maximum atomic E-state index is 12.4. The lowest BCUT2D eigenvalue weighted by Crippen LogP contribution is -2.33. The van der Waals surface area contributed by atoms with Gasteiger partial charge in [-0.05, 0) is 24.4 Å². The Kier molecular flexibility index (Phi) is 2.07. The minimum absolute atomic E-state index is 0.518. The van der Waals surface area contributed by atoms with Crippen molar-refractivity contribution in [3.63, 3.8) is 0 Å². The number of thiophene rings is 1. The van der Waals surface area contributed by atoms with Gasteiger partial charge in [-0.2, -0.15) is 0 Å². The molecule has 0 amide bonds. The zero-order chi connectivity index (χ0) is 10.3. The van der Waals surface area contributed by atoms with E-state index in [2.05, 4.69) is 0 Å². The summed E-state index contributed by atoms with van der Waals surface area (Å²) in [4.78, 5) is 1.03. The van der Waals surface area contributed by atoms with Crippen molar-refractivity contribution in [2.45, 2.75) is 6.92 Å². The summed E-state index contributed by atoms with van der Waals surface area (Å²) >= 11 is 1.51. The second kappa shape index (κ2) is 3.02. The largest absolute Gasteiger partial charge is 0.509 e. The van der Waals surface area contributed by atoms with Crippen LogP contribution >= 0.6 is 11.3 Å². The summed E-state index contributed by atoms with van der Waals surface area (Å²) in [7, 11) is 0. The normalized spacial score (nSPS) is 12.3. The molecule has 1 heterocycles. The number of aryl methyl sites for hydroxylation is 1. The highest BCUT2D eigenvalue weighted by molar-refractivity contribution is 7.19. The lowest BCUT2D eigenvalue weighted by molar-refractivity contribution is 0.501. The Labute approximate surface area is 83.4 Å². The van der Waals surface area contributed by atoms with E-state index in [-0.39, 0.29) is 0 Å². The molecule has 0 aliphatic rings. The van der Waals surface area contributed by atoms with Gasteiger partial charge in [0.25, 0.3) is 0 Å². The number of halogens is 3. The molecule has 0 fully saturated rings. The van der Waals surface area contributed by atoms with Crippen LogP contribution in [0.3, 0.4) is 0 Å². The SMILES string of the molecule is Cc1cc2cc([B-](F)(F)F)ccc2s1. The molecule has 1 aromatic heterocycles. The van der Waals surface area contributed by atoms with E-state index >= 15 is 0 Å². The molecule has 2 rings (SSSR count). The maximum absolute atomic E-state index is 12.4. The third-order valence-corrected chi connectivity index (χ3v) is 3.07. The standard InChI is InChI=1S/C9H7BF3S/c1-6-4-7-5-8(10(11,12)13)2-3-9(7)14-6/h2-5H,1H3/q-1. The Balaban J connectivity index is 2.62. The van der Waals surface area contributed by atoms with Crippen LogP contribution in [0.15, 0.2) is 24.3 Å². The quantitative estimate of drug-likeness (QED) is 0.640. The van der Waals surface area contributed by atoms with E-state index in [1.807, 2.05) is 6.92 Å². The third kappa shape index (κ3) is 1.64. The second-order valence-corrected chi connectivity index (χ2v) is 4.52. The highest BCUT2D eigenvalue weighted by Crippen LogP contribution is 2.24. The molecule has 0 bridgehead atoms. The van der Waals surface area contributed by atoms with Gasteiger partial charge in [0.05, 0.1) is 0 Å². The minimum atomic E-state index is -4.87. The molecule has 0 spiro atoms. The van der Waals surface area contributed by atoms with Crippen LogP contribution in [-0.4, -0.2) is 6.98 Å². The van der Waals surface area contributed by atoms with Gasteiger partial charge in [-0.3, -0.25) is 0 Å². The fourth-order valence-corrected chi connectivity index (χ4v) is 2.30. The topological polar surface area (TPSA) is 0 Å². The van der Waals surface area contributed by atoms with E-state index in [0.29, 0.717) is 5.39 Å². The lowest BCUT2D eigenvalue weighted by Gasteiger charge is -2.14. The molecule has 0 saturated carbocycles. The van der Waals surface area contributed by atoms with Crippen LogP contribution in [0.4, 0.5) is 12.9 Å². The van der Waals surface area contributed by atoms with Crippen LogP contribution in [0, 0.1) is 6.92 Å². The van der Waals surface area contributed by atoms with Crippen molar-refractivity contribution in [2.75, 3.05) is 0 Å². The molecule has 0 aliphatic carbocycles. The van der Waals surface area contributed by atoms with Crippen LogP contribution in [0.5, 0.6) is 0 Å². The van der Waals surface area contributed by atoms with Gasteiger partial charge in [-0.25, -0.2) is 0 Å². The molecule has 0 saturated heterocycles. The van der Waals surface area contributed by atoms with Crippen molar-refractivity contribution < 1.29 is 12.9 Å². The number of hydrogen-bond donors (Lipinski definition) is 0. The maximum Gasteiger partial charge on any atom is 0.509 e. The molecule has 74 valence electrons. The van der Waals surface area contributed by atoms with Crippen molar-refractivity contribution in [2.24, 2.45) is 0 Å². The minimum Gasteiger partial charge on any atom is -0.445 e. The average Bonchev–Trinajstić information content (AvgIpc) is 2.41.